The second-order valence-corrected chi connectivity index (χ2v) is 15.2. The summed E-state index contributed by atoms with van der Waals surface area (Å²) in [6.07, 6.45) is 0. The molecule has 0 atom stereocenters. The van der Waals surface area contributed by atoms with E-state index in [2.05, 4.69) is 5.32 Å². The minimum atomic E-state index is -2.26. The number of nitrogens with one attached hydrogen (secondary N) is 1. The van der Waals surface area contributed by atoms with Crippen LogP contribution in [0.25, 0.3) is 0 Å². The van der Waals surface area contributed by atoms with Crippen molar-refractivity contribution in [3.8, 4) is 11.5 Å². The van der Waals surface area contributed by atoms with Gasteiger partial charge in [0.25, 0.3) is 0 Å². The predicted octanol–water partition coefficient (Wildman–Crippen LogP) is 6.19. The highest BCUT2D eigenvalue weighted by Crippen LogP contribution is 2.59. The van der Waals surface area contributed by atoms with E-state index in [0.717, 1.165) is 22.6 Å². The molecular formula is C21H27Cl3NO5PS2. The monoisotopic (exact) mass is 573 g/mol. The van der Waals surface area contributed by atoms with Gasteiger partial charge in [-0.2, -0.15) is 0 Å². The maximum absolute atomic E-state index is 10.8. The Morgan fingerprint density at radius 2 is 1.33 bits per heavy atom. The Balaban J connectivity index is 0.000000389. The lowest BCUT2D eigenvalue weighted by atomic mass is 9.92. The van der Waals surface area contributed by atoms with Gasteiger partial charge < -0.3 is 23.8 Å². The predicted molar refractivity (Wildman–Crippen MR) is 143 cm³/mol. The van der Waals surface area contributed by atoms with Crippen LogP contribution in [0.5, 0.6) is 11.5 Å². The molecule has 2 rings (SSSR count). The van der Waals surface area contributed by atoms with Crippen molar-refractivity contribution < 1.29 is 23.3 Å². The molecule has 184 valence electrons. The smallest absolute Gasteiger partial charge is 0.247 e. The highest BCUT2D eigenvalue weighted by molar-refractivity contribution is 8.68. The number of halogens is 3. The van der Waals surface area contributed by atoms with Gasteiger partial charge in [-0.15, -0.1) is 0 Å². The first-order valence-electron chi connectivity index (χ1n) is 9.44. The molecular weight excluding hydrogens is 548 g/mol. The average molecular weight is 575 g/mol. The van der Waals surface area contributed by atoms with E-state index in [1.807, 2.05) is 48.5 Å². The molecule has 1 N–H and O–H groups in total. The van der Waals surface area contributed by atoms with E-state index in [9.17, 15) is 4.79 Å². The van der Waals surface area contributed by atoms with Gasteiger partial charge in [-0.1, -0.05) is 70.5 Å². The van der Waals surface area contributed by atoms with E-state index in [4.69, 9.17) is 65.1 Å². The molecule has 12 heteroatoms. The van der Waals surface area contributed by atoms with E-state index in [1.54, 1.807) is 21.3 Å². The molecule has 6 nitrogen and oxygen atoms in total. The standard InChI is InChI=1S/C16H15Cl3O2.C5H12NO3PS2/c1-20-13-7-3-11(4-8-13)15(16(17,18)19)12-5-9-14(21-2)10-6-12;1-6-5(7)4-12-10(11,8-2)9-3/h3-10,15H,1-2H3;4H2,1-3H3,(H,6,7). The van der Waals surface area contributed by atoms with Crippen LogP contribution in [0.15, 0.2) is 48.5 Å². The summed E-state index contributed by atoms with van der Waals surface area (Å²) in [5, 5.41) is 2.49. The van der Waals surface area contributed by atoms with Gasteiger partial charge in [0, 0.05) is 21.3 Å². The summed E-state index contributed by atoms with van der Waals surface area (Å²) in [6, 6.07) is 15.0. The van der Waals surface area contributed by atoms with Gasteiger partial charge in [-0.3, -0.25) is 4.79 Å². The van der Waals surface area contributed by atoms with Crippen molar-refractivity contribution >= 4 is 69.6 Å². The zero-order valence-electron chi connectivity index (χ0n) is 18.8. The molecule has 0 unspecified atom stereocenters. The molecule has 0 aliphatic heterocycles. The zero-order valence-corrected chi connectivity index (χ0v) is 23.6. The fourth-order valence-corrected chi connectivity index (χ4v) is 6.02. The number of benzene rings is 2. The summed E-state index contributed by atoms with van der Waals surface area (Å²) in [5.41, 5.74) is -0.452. The van der Waals surface area contributed by atoms with E-state index in [0.29, 0.717) is 0 Å². The van der Waals surface area contributed by atoms with E-state index in [-0.39, 0.29) is 17.6 Å². The highest BCUT2D eigenvalue weighted by Gasteiger charge is 2.35. The Hall–Kier alpha value is -0.700. The summed E-state index contributed by atoms with van der Waals surface area (Å²) < 4.78 is 18.8. The van der Waals surface area contributed by atoms with Crippen LogP contribution in [-0.2, 0) is 25.6 Å². The third-order valence-corrected chi connectivity index (χ3v) is 10.6. The molecule has 0 aliphatic rings. The number of carbonyl (C=O) groups is 1. The molecule has 2 aromatic carbocycles. The average Bonchev–Trinajstić information content (AvgIpc) is 2.82. The van der Waals surface area contributed by atoms with Crippen LogP contribution >= 0.6 is 51.9 Å². The van der Waals surface area contributed by atoms with Crippen LogP contribution in [-0.4, -0.2) is 50.9 Å². The van der Waals surface area contributed by atoms with Gasteiger partial charge in [0.05, 0.1) is 25.9 Å². The van der Waals surface area contributed by atoms with Crippen molar-refractivity contribution in [3.05, 3.63) is 59.7 Å². The minimum Gasteiger partial charge on any atom is -0.497 e. The fourth-order valence-electron chi connectivity index (χ4n) is 2.55. The number of methoxy groups -OCH3 is 2. The number of ether oxygens (including phenoxy) is 2. The van der Waals surface area contributed by atoms with Crippen molar-refractivity contribution in [2.45, 2.75) is 9.71 Å². The first-order chi connectivity index (χ1) is 15.5. The molecule has 0 heterocycles. The highest BCUT2D eigenvalue weighted by atomic mass is 35.6. The van der Waals surface area contributed by atoms with Crippen molar-refractivity contribution in [3.63, 3.8) is 0 Å². The quantitative estimate of drug-likeness (QED) is 0.283. The maximum Gasteiger partial charge on any atom is 0.247 e. The number of carbonyl (C=O) groups excluding carboxylic acids is 1. The van der Waals surface area contributed by atoms with Gasteiger partial charge in [0.2, 0.25) is 15.4 Å². The molecule has 0 radical (unpaired) electrons. The molecule has 0 aliphatic carbocycles. The SMILES string of the molecule is CNC(=O)CSP(=S)(OC)OC.COc1ccc(C(c2ccc(OC)cc2)C(Cl)(Cl)Cl)cc1. The molecule has 0 bridgehead atoms. The summed E-state index contributed by atoms with van der Waals surface area (Å²) in [5.74, 6) is 1.34. The first kappa shape index (κ1) is 30.3. The summed E-state index contributed by atoms with van der Waals surface area (Å²) >= 11 is 24.8. The van der Waals surface area contributed by atoms with Crippen LogP contribution in [0.2, 0.25) is 0 Å². The molecule has 0 fully saturated rings. The lowest BCUT2D eigenvalue weighted by molar-refractivity contribution is -0.118. The molecule has 0 aromatic heterocycles. The first-order valence-corrected chi connectivity index (χ1v) is 14.8. The normalized spacial score (nSPS) is 11.4. The Morgan fingerprint density at radius 3 is 1.61 bits per heavy atom. The van der Waals surface area contributed by atoms with E-state index >= 15 is 0 Å². The van der Waals surface area contributed by atoms with Crippen LogP contribution in [0, 0.1) is 0 Å². The second kappa shape index (κ2) is 14.6. The van der Waals surface area contributed by atoms with Crippen LogP contribution in [0.3, 0.4) is 0 Å². The zero-order chi connectivity index (χ0) is 25.1. The summed E-state index contributed by atoms with van der Waals surface area (Å²) in [7, 11) is 7.78. The molecule has 0 saturated heterocycles. The molecule has 2 aromatic rings. The van der Waals surface area contributed by atoms with Gasteiger partial charge >= 0.3 is 0 Å². The van der Waals surface area contributed by atoms with Crippen LogP contribution < -0.4 is 14.8 Å². The second-order valence-electron chi connectivity index (χ2n) is 6.28. The number of alkyl halides is 3. The van der Waals surface area contributed by atoms with Crippen LogP contribution in [0.4, 0.5) is 0 Å². The molecule has 1 amide bonds. The lowest BCUT2D eigenvalue weighted by Crippen LogP contribution is -2.19. The van der Waals surface area contributed by atoms with Crippen LogP contribution in [0.1, 0.15) is 17.0 Å². The fraction of sp³-hybridized carbons (Fsp3) is 0.381. The van der Waals surface area contributed by atoms with Crippen molar-refractivity contribution in [2.24, 2.45) is 0 Å². The largest absolute Gasteiger partial charge is 0.497 e. The van der Waals surface area contributed by atoms with E-state index < -0.39 is 9.49 Å². The number of amides is 1. The Kier molecular flexibility index (Phi) is 13.5. The maximum atomic E-state index is 10.8. The van der Waals surface area contributed by atoms with Gasteiger partial charge in [0.15, 0.2) is 0 Å². The summed E-state index contributed by atoms with van der Waals surface area (Å²) in [4.78, 5) is 10.8. The van der Waals surface area contributed by atoms with Crippen molar-refractivity contribution in [1.82, 2.24) is 5.32 Å². The molecule has 0 saturated carbocycles. The van der Waals surface area contributed by atoms with E-state index in [1.165, 1.54) is 25.6 Å². The third kappa shape index (κ3) is 10.2. The number of rotatable bonds is 9. The van der Waals surface area contributed by atoms with Gasteiger partial charge in [0.1, 0.15) is 11.5 Å². The Bertz CT molecular complexity index is 856. The van der Waals surface area contributed by atoms with Crippen molar-refractivity contribution in [1.29, 1.82) is 0 Å². The minimum absolute atomic E-state index is 0.0803. The van der Waals surface area contributed by atoms with Gasteiger partial charge in [-0.05, 0) is 47.2 Å². The van der Waals surface area contributed by atoms with Crippen molar-refractivity contribution in [2.75, 3.05) is 41.2 Å². The number of hydrogen-bond acceptors (Lipinski definition) is 7. The molecule has 0 spiro atoms. The topological polar surface area (TPSA) is 66.0 Å². The Morgan fingerprint density at radius 1 is 0.939 bits per heavy atom. The van der Waals surface area contributed by atoms with Gasteiger partial charge in [-0.25, -0.2) is 0 Å². The molecule has 33 heavy (non-hydrogen) atoms. The third-order valence-electron chi connectivity index (χ3n) is 4.31. The summed E-state index contributed by atoms with van der Waals surface area (Å²) in [6.45, 7) is 0. The number of hydrogen-bond donors (Lipinski definition) is 1. The Labute approximate surface area is 219 Å². The lowest BCUT2D eigenvalue weighted by Gasteiger charge is -2.25.